The van der Waals surface area contributed by atoms with Crippen LogP contribution < -0.4 is 0 Å². The predicted molar refractivity (Wildman–Crippen MR) is 174 cm³/mol. The van der Waals surface area contributed by atoms with Gasteiger partial charge in [0.2, 0.25) is 0 Å². The third-order valence-corrected chi connectivity index (χ3v) is 6.21. The summed E-state index contributed by atoms with van der Waals surface area (Å²) in [7, 11) is 0. The summed E-state index contributed by atoms with van der Waals surface area (Å²) in [5.74, 6) is -1.37. The van der Waals surface area contributed by atoms with E-state index in [4.69, 9.17) is 57.2 Å². The highest BCUT2D eigenvalue weighted by molar-refractivity contribution is 5.70. The number of carboxylic acids is 1. The average molecular weight is 699 g/mol. The Labute approximate surface area is 286 Å². The maximum absolute atomic E-state index is 11.5. The highest BCUT2D eigenvalue weighted by atomic mass is 16.6. The summed E-state index contributed by atoms with van der Waals surface area (Å²) in [6, 6.07) is 0. The molecule has 0 aliphatic carbocycles. The number of aliphatic carboxylic acids is 1. The number of hydrogen-bond acceptors (Lipinski definition) is 14. The van der Waals surface area contributed by atoms with Gasteiger partial charge >= 0.3 is 17.9 Å². The second kappa shape index (κ2) is 39.5. The summed E-state index contributed by atoms with van der Waals surface area (Å²) in [5.41, 5.74) is 0. The summed E-state index contributed by atoms with van der Waals surface area (Å²) in [4.78, 5) is 33.4. The fraction of sp³-hybridized carbons (Fsp3) is 0.909. The van der Waals surface area contributed by atoms with E-state index < -0.39 is 5.97 Å². The van der Waals surface area contributed by atoms with Crippen LogP contribution in [0.5, 0.6) is 0 Å². The highest BCUT2D eigenvalue weighted by Crippen LogP contribution is 2.03. The van der Waals surface area contributed by atoms with Crippen LogP contribution in [-0.4, -0.2) is 155 Å². The van der Waals surface area contributed by atoms with Gasteiger partial charge in [-0.3, -0.25) is 14.4 Å². The number of hydrogen-bond donors (Lipinski definition) is 1. The number of carbonyl (C=O) groups is 3. The second-order valence-electron chi connectivity index (χ2n) is 10.4. The molecule has 0 aliphatic heterocycles. The molecule has 0 aromatic rings. The first-order valence-electron chi connectivity index (χ1n) is 17.3. The molecule has 0 unspecified atom stereocenters. The van der Waals surface area contributed by atoms with Gasteiger partial charge in [0.25, 0.3) is 0 Å². The zero-order valence-corrected chi connectivity index (χ0v) is 29.2. The van der Waals surface area contributed by atoms with Crippen molar-refractivity contribution >= 4 is 17.9 Å². The minimum absolute atomic E-state index is 0.0580. The van der Waals surface area contributed by atoms with E-state index in [1.165, 1.54) is 0 Å². The predicted octanol–water partition coefficient (Wildman–Crippen LogP) is 2.84. The lowest BCUT2D eigenvalue weighted by Crippen LogP contribution is -2.16. The van der Waals surface area contributed by atoms with Crippen molar-refractivity contribution in [1.82, 2.24) is 0 Å². The van der Waals surface area contributed by atoms with Crippen molar-refractivity contribution in [2.24, 2.45) is 0 Å². The molecule has 284 valence electrons. The molecule has 0 atom stereocenters. The summed E-state index contributed by atoms with van der Waals surface area (Å²) in [5, 5.41) is 8.55. The zero-order valence-electron chi connectivity index (χ0n) is 29.2. The van der Waals surface area contributed by atoms with E-state index in [0.29, 0.717) is 132 Å². The number of ether oxygens (including phenoxy) is 11. The lowest BCUT2D eigenvalue weighted by Gasteiger charge is -2.09. The van der Waals surface area contributed by atoms with Crippen molar-refractivity contribution in [2.45, 2.75) is 64.7 Å². The van der Waals surface area contributed by atoms with Gasteiger partial charge in [-0.2, -0.15) is 0 Å². The molecule has 0 fully saturated rings. The molecule has 0 saturated heterocycles. The average Bonchev–Trinajstić information content (AvgIpc) is 3.07. The Bertz CT molecular complexity index is 711. The van der Waals surface area contributed by atoms with Crippen LogP contribution >= 0.6 is 0 Å². The molecule has 15 heteroatoms. The normalized spacial score (nSPS) is 11.2. The van der Waals surface area contributed by atoms with E-state index in [1.807, 2.05) is 0 Å². The number of unbranched alkanes of at least 4 members (excludes halogenated alkanes) is 4. The van der Waals surface area contributed by atoms with Gasteiger partial charge in [-0.15, -0.1) is 0 Å². The Balaban J connectivity index is 3.13. The molecule has 0 saturated carbocycles. The second-order valence-corrected chi connectivity index (χ2v) is 10.4. The first kappa shape index (κ1) is 46.0. The molecule has 0 amide bonds. The van der Waals surface area contributed by atoms with Crippen LogP contribution in [0.15, 0.2) is 0 Å². The fourth-order valence-electron chi connectivity index (χ4n) is 3.68. The molecular formula is C33H62O15. The van der Waals surface area contributed by atoms with Gasteiger partial charge in [0.05, 0.1) is 119 Å². The molecule has 0 heterocycles. The Morgan fingerprint density at radius 1 is 0.354 bits per heavy atom. The standard InChI is InChI=1S/C33H62O15/c1-2-3-4-5-9-32(36)47-29-27-45-25-23-43-21-19-41-17-15-39-13-11-38-12-14-40-16-18-42-20-22-44-24-26-46-28-30-48-33(37)10-7-6-8-31(34)35/h2-30H2,1H3,(H,34,35). The molecule has 0 aromatic carbocycles. The minimum atomic E-state index is -0.865. The van der Waals surface area contributed by atoms with E-state index in [1.54, 1.807) is 0 Å². The molecule has 1 N–H and O–H groups in total. The van der Waals surface area contributed by atoms with E-state index >= 15 is 0 Å². The lowest BCUT2D eigenvalue weighted by molar-refractivity contribution is -0.146. The van der Waals surface area contributed by atoms with Crippen molar-refractivity contribution in [3.8, 4) is 0 Å². The number of rotatable bonds is 40. The molecule has 0 aromatic heterocycles. The van der Waals surface area contributed by atoms with Crippen molar-refractivity contribution < 1.29 is 71.6 Å². The summed E-state index contributed by atoms with van der Waals surface area (Å²) in [6.07, 6.45) is 5.95. The van der Waals surface area contributed by atoms with Gasteiger partial charge in [0, 0.05) is 19.3 Å². The van der Waals surface area contributed by atoms with Crippen LogP contribution in [-0.2, 0) is 66.5 Å². The van der Waals surface area contributed by atoms with E-state index in [-0.39, 0.29) is 44.6 Å². The summed E-state index contributed by atoms with van der Waals surface area (Å²) >= 11 is 0. The van der Waals surface area contributed by atoms with Gasteiger partial charge in [-0.05, 0) is 19.3 Å². The largest absolute Gasteiger partial charge is 0.481 e. The van der Waals surface area contributed by atoms with Gasteiger partial charge in [-0.25, -0.2) is 0 Å². The van der Waals surface area contributed by atoms with Crippen molar-refractivity contribution in [1.29, 1.82) is 0 Å². The summed E-state index contributed by atoms with van der Waals surface area (Å²) in [6.45, 7) is 10.5. The van der Waals surface area contributed by atoms with Crippen molar-refractivity contribution in [3.63, 3.8) is 0 Å². The van der Waals surface area contributed by atoms with Crippen LogP contribution in [0.2, 0.25) is 0 Å². The fourth-order valence-corrected chi connectivity index (χ4v) is 3.68. The van der Waals surface area contributed by atoms with Crippen LogP contribution in [0.3, 0.4) is 0 Å². The first-order chi connectivity index (χ1) is 23.6. The molecule has 0 bridgehead atoms. The van der Waals surface area contributed by atoms with Crippen molar-refractivity contribution in [2.75, 3.05) is 132 Å². The van der Waals surface area contributed by atoms with Crippen LogP contribution in [0.4, 0.5) is 0 Å². The minimum Gasteiger partial charge on any atom is -0.481 e. The molecule has 0 spiro atoms. The zero-order chi connectivity index (χ0) is 35.0. The van der Waals surface area contributed by atoms with E-state index in [9.17, 15) is 14.4 Å². The third-order valence-electron chi connectivity index (χ3n) is 6.21. The van der Waals surface area contributed by atoms with Gasteiger partial charge < -0.3 is 57.2 Å². The molecule has 0 aliphatic rings. The highest BCUT2D eigenvalue weighted by Gasteiger charge is 2.05. The van der Waals surface area contributed by atoms with Gasteiger partial charge in [-0.1, -0.05) is 26.2 Å². The maximum Gasteiger partial charge on any atom is 0.305 e. The lowest BCUT2D eigenvalue weighted by atomic mass is 10.2. The maximum atomic E-state index is 11.5. The Morgan fingerprint density at radius 2 is 0.604 bits per heavy atom. The topological polar surface area (TPSA) is 173 Å². The molecule has 48 heavy (non-hydrogen) atoms. The Kier molecular flexibility index (Phi) is 37.9. The quantitative estimate of drug-likeness (QED) is 0.0731. The third kappa shape index (κ3) is 40.2. The van der Waals surface area contributed by atoms with Crippen LogP contribution in [0.25, 0.3) is 0 Å². The molecule has 0 rings (SSSR count). The van der Waals surface area contributed by atoms with Crippen LogP contribution in [0, 0.1) is 0 Å². The first-order valence-corrected chi connectivity index (χ1v) is 17.3. The number of carboxylic acid groups (broad SMARTS) is 1. The molecule has 0 radical (unpaired) electrons. The monoisotopic (exact) mass is 698 g/mol. The number of esters is 2. The molecular weight excluding hydrogens is 636 g/mol. The van der Waals surface area contributed by atoms with Gasteiger partial charge in [0.1, 0.15) is 13.2 Å². The Morgan fingerprint density at radius 3 is 0.875 bits per heavy atom. The summed E-state index contributed by atoms with van der Waals surface area (Å²) < 4.78 is 58.9. The van der Waals surface area contributed by atoms with Gasteiger partial charge in [0.15, 0.2) is 0 Å². The van der Waals surface area contributed by atoms with E-state index in [0.717, 1.165) is 25.7 Å². The van der Waals surface area contributed by atoms with Crippen molar-refractivity contribution in [3.05, 3.63) is 0 Å². The van der Waals surface area contributed by atoms with E-state index in [2.05, 4.69) is 6.92 Å². The van der Waals surface area contributed by atoms with Crippen LogP contribution in [0.1, 0.15) is 64.7 Å². The Hall–Kier alpha value is -1.95. The number of carbonyl (C=O) groups excluding carboxylic acids is 2. The SMILES string of the molecule is CCCCCCC(=O)OCCOCCOCCOCCOCCOCCOCCOCCOCCOCCOC(=O)CCCCC(=O)O. The smallest absolute Gasteiger partial charge is 0.305 e. The molecule has 15 nitrogen and oxygen atoms in total.